The first-order chi connectivity index (χ1) is 7.14. The number of aromatic nitrogens is 2. The lowest BCUT2D eigenvalue weighted by molar-refractivity contribution is 0.337. The second-order valence-corrected chi connectivity index (χ2v) is 5.14. The molecule has 1 saturated carbocycles. The smallest absolute Gasteiger partial charge is 0.0535 e. The van der Waals surface area contributed by atoms with Crippen LogP contribution in [0.5, 0.6) is 0 Å². The van der Waals surface area contributed by atoms with E-state index in [0.717, 1.165) is 19.0 Å². The monoisotopic (exact) mass is 207 g/mol. The van der Waals surface area contributed by atoms with Crippen LogP contribution in [0.25, 0.3) is 0 Å². The van der Waals surface area contributed by atoms with Gasteiger partial charge in [0, 0.05) is 24.3 Å². The molecule has 3 nitrogen and oxygen atoms in total. The molecular weight excluding hydrogens is 186 g/mol. The zero-order valence-corrected chi connectivity index (χ0v) is 9.93. The highest BCUT2D eigenvalue weighted by Gasteiger charge is 2.44. The Kier molecular flexibility index (Phi) is 2.83. The summed E-state index contributed by atoms with van der Waals surface area (Å²) < 4.78 is 0. The van der Waals surface area contributed by atoms with E-state index in [1.807, 2.05) is 6.20 Å². The summed E-state index contributed by atoms with van der Waals surface area (Å²) in [6.45, 7) is 8.82. The van der Waals surface area contributed by atoms with Crippen molar-refractivity contribution < 1.29 is 0 Å². The van der Waals surface area contributed by atoms with Gasteiger partial charge in [-0.05, 0) is 31.1 Å². The lowest BCUT2D eigenvalue weighted by Gasteiger charge is -2.19. The normalized spacial score (nSPS) is 18.4. The first-order valence-corrected chi connectivity index (χ1v) is 5.84. The van der Waals surface area contributed by atoms with Crippen molar-refractivity contribution in [1.29, 1.82) is 0 Å². The Bertz CT molecular complexity index is 323. The Morgan fingerprint density at radius 1 is 1.53 bits per heavy atom. The van der Waals surface area contributed by atoms with Crippen LogP contribution in [0, 0.1) is 18.3 Å². The largest absolute Gasteiger partial charge is 0.312 e. The standard InChI is InChI=1S/C12H21N3/c1-9(2)12(4-5-12)8-13-6-11-7-14-15-10(11)3/h7,9,13H,4-6,8H2,1-3H3,(H,14,15). The molecule has 0 spiro atoms. The van der Waals surface area contributed by atoms with Crippen LogP contribution in [-0.4, -0.2) is 16.7 Å². The van der Waals surface area contributed by atoms with E-state index < -0.39 is 0 Å². The maximum absolute atomic E-state index is 4.02. The summed E-state index contributed by atoms with van der Waals surface area (Å²) in [6.07, 6.45) is 4.70. The second kappa shape index (κ2) is 3.97. The Labute approximate surface area is 91.7 Å². The highest BCUT2D eigenvalue weighted by atomic mass is 15.1. The molecule has 1 fully saturated rings. The number of aromatic amines is 1. The zero-order valence-electron chi connectivity index (χ0n) is 9.93. The lowest BCUT2D eigenvalue weighted by atomic mass is 9.92. The van der Waals surface area contributed by atoms with Crippen molar-refractivity contribution in [3.63, 3.8) is 0 Å². The fourth-order valence-electron chi connectivity index (χ4n) is 2.12. The molecule has 0 unspecified atom stereocenters. The number of nitrogens with one attached hydrogen (secondary N) is 2. The Morgan fingerprint density at radius 3 is 2.73 bits per heavy atom. The third-order valence-electron chi connectivity index (χ3n) is 3.84. The lowest BCUT2D eigenvalue weighted by Crippen LogP contribution is -2.27. The minimum atomic E-state index is 0.595. The summed E-state index contributed by atoms with van der Waals surface area (Å²) in [5, 5.41) is 10.5. The summed E-state index contributed by atoms with van der Waals surface area (Å²) >= 11 is 0. The van der Waals surface area contributed by atoms with Crippen molar-refractivity contribution in [1.82, 2.24) is 15.5 Å². The van der Waals surface area contributed by atoms with Crippen LogP contribution in [0.2, 0.25) is 0 Å². The van der Waals surface area contributed by atoms with Gasteiger partial charge in [-0.25, -0.2) is 0 Å². The molecule has 0 aromatic carbocycles. The van der Waals surface area contributed by atoms with E-state index in [-0.39, 0.29) is 0 Å². The Hall–Kier alpha value is -0.830. The van der Waals surface area contributed by atoms with E-state index >= 15 is 0 Å². The van der Waals surface area contributed by atoms with Gasteiger partial charge in [0.15, 0.2) is 0 Å². The van der Waals surface area contributed by atoms with Crippen molar-refractivity contribution >= 4 is 0 Å². The molecule has 0 bridgehead atoms. The number of hydrogen-bond donors (Lipinski definition) is 2. The minimum absolute atomic E-state index is 0.595. The van der Waals surface area contributed by atoms with Crippen LogP contribution < -0.4 is 5.32 Å². The van der Waals surface area contributed by atoms with Gasteiger partial charge in [0.1, 0.15) is 0 Å². The second-order valence-electron chi connectivity index (χ2n) is 5.14. The summed E-state index contributed by atoms with van der Waals surface area (Å²) in [4.78, 5) is 0. The van der Waals surface area contributed by atoms with Gasteiger partial charge >= 0.3 is 0 Å². The third kappa shape index (κ3) is 2.23. The molecule has 0 atom stereocenters. The van der Waals surface area contributed by atoms with Gasteiger partial charge in [0.2, 0.25) is 0 Å². The van der Waals surface area contributed by atoms with Gasteiger partial charge in [0.05, 0.1) is 6.20 Å². The molecule has 0 aliphatic heterocycles. The van der Waals surface area contributed by atoms with Crippen LogP contribution in [0.15, 0.2) is 6.20 Å². The molecule has 2 rings (SSSR count). The number of nitrogens with zero attached hydrogens (tertiary/aromatic N) is 1. The van der Waals surface area contributed by atoms with E-state index in [0.29, 0.717) is 5.41 Å². The highest BCUT2D eigenvalue weighted by molar-refractivity contribution is 5.14. The maximum Gasteiger partial charge on any atom is 0.0535 e. The predicted molar refractivity (Wildman–Crippen MR) is 61.5 cm³/mol. The molecule has 1 aromatic heterocycles. The molecule has 0 saturated heterocycles. The van der Waals surface area contributed by atoms with E-state index in [1.54, 1.807) is 0 Å². The van der Waals surface area contributed by atoms with Gasteiger partial charge in [-0.15, -0.1) is 0 Å². The summed E-state index contributed by atoms with van der Waals surface area (Å²) in [5.41, 5.74) is 3.06. The van der Waals surface area contributed by atoms with Crippen LogP contribution in [0.4, 0.5) is 0 Å². The molecule has 1 aliphatic carbocycles. The van der Waals surface area contributed by atoms with Crippen LogP contribution in [0.3, 0.4) is 0 Å². The van der Waals surface area contributed by atoms with Crippen molar-refractivity contribution in [3.8, 4) is 0 Å². The van der Waals surface area contributed by atoms with Crippen LogP contribution >= 0.6 is 0 Å². The molecule has 84 valence electrons. The quantitative estimate of drug-likeness (QED) is 0.777. The van der Waals surface area contributed by atoms with E-state index in [9.17, 15) is 0 Å². The molecule has 1 aromatic rings. The molecular formula is C12H21N3. The summed E-state index contributed by atoms with van der Waals surface area (Å²) in [6, 6.07) is 0. The average molecular weight is 207 g/mol. The summed E-state index contributed by atoms with van der Waals surface area (Å²) in [7, 11) is 0. The SMILES string of the molecule is Cc1[nH]ncc1CNCC1(C(C)C)CC1. The summed E-state index contributed by atoms with van der Waals surface area (Å²) in [5.74, 6) is 0.801. The molecule has 3 heteroatoms. The molecule has 15 heavy (non-hydrogen) atoms. The first-order valence-electron chi connectivity index (χ1n) is 5.84. The predicted octanol–water partition coefficient (Wildman–Crippen LogP) is 2.24. The van der Waals surface area contributed by atoms with Crippen LogP contribution in [-0.2, 0) is 6.54 Å². The molecule has 1 heterocycles. The number of H-pyrrole nitrogens is 1. The van der Waals surface area contributed by atoms with Gasteiger partial charge in [-0.1, -0.05) is 13.8 Å². The van der Waals surface area contributed by atoms with E-state index in [4.69, 9.17) is 0 Å². The maximum atomic E-state index is 4.02. The molecule has 1 aliphatic rings. The molecule has 0 amide bonds. The average Bonchev–Trinajstić information content (AvgIpc) is 2.87. The number of aryl methyl sites for hydroxylation is 1. The van der Waals surface area contributed by atoms with Crippen molar-refractivity contribution in [2.75, 3.05) is 6.54 Å². The first kappa shape index (κ1) is 10.7. The fourth-order valence-corrected chi connectivity index (χ4v) is 2.12. The third-order valence-corrected chi connectivity index (χ3v) is 3.84. The number of rotatable bonds is 5. The number of hydrogen-bond acceptors (Lipinski definition) is 2. The Morgan fingerprint density at radius 2 is 2.27 bits per heavy atom. The van der Waals surface area contributed by atoms with Crippen molar-refractivity contribution in [2.24, 2.45) is 11.3 Å². The van der Waals surface area contributed by atoms with Gasteiger partial charge in [-0.2, -0.15) is 5.10 Å². The zero-order chi connectivity index (χ0) is 10.9. The topological polar surface area (TPSA) is 40.7 Å². The van der Waals surface area contributed by atoms with E-state index in [2.05, 4.69) is 36.3 Å². The van der Waals surface area contributed by atoms with Crippen molar-refractivity contribution in [2.45, 2.75) is 40.2 Å². The van der Waals surface area contributed by atoms with Gasteiger partial charge in [-0.3, -0.25) is 5.10 Å². The van der Waals surface area contributed by atoms with Gasteiger partial charge < -0.3 is 5.32 Å². The van der Waals surface area contributed by atoms with Gasteiger partial charge in [0.25, 0.3) is 0 Å². The molecule has 0 radical (unpaired) electrons. The Balaban J connectivity index is 1.78. The fraction of sp³-hybridized carbons (Fsp3) is 0.750. The van der Waals surface area contributed by atoms with Crippen LogP contribution in [0.1, 0.15) is 37.9 Å². The van der Waals surface area contributed by atoms with Crippen molar-refractivity contribution in [3.05, 3.63) is 17.5 Å². The highest BCUT2D eigenvalue weighted by Crippen LogP contribution is 2.51. The minimum Gasteiger partial charge on any atom is -0.312 e. The van der Waals surface area contributed by atoms with E-state index in [1.165, 1.54) is 24.1 Å². The molecule has 2 N–H and O–H groups in total.